The molecule has 0 spiro atoms. The van der Waals surface area contributed by atoms with Gasteiger partial charge >= 0.3 is 0 Å². The minimum atomic E-state index is -2.55. The van der Waals surface area contributed by atoms with Crippen LogP contribution in [0.2, 0.25) is 0 Å². The Balaban J connectivity index is 2.30. The lowest BCUT2D eigenvalue weighted by Gasteiger charge is -2.17. The number of nitrogen functional groups attached to an aromatic ring is 1. The third-order valence-corrected chi connectivity index (χ3v) is 5.10. The number of aromatic nitrogens is 1. The van der Waals surface area contributed by atoms with Gasteiger partial charge in [0.05, 0.1) is 21.9 Å². The van der Waals surface area contributed by atoms with E-state index in [4.69, 9.17) is 11.0 Å². The highest BCUT2D eigenvalue weighted by molar-refractivity contribution is 8.02. The molecular weight excluding hydrogens is 284 g/mol. The zero-order valence-corrected chi connectivity index (χ0v) is 12.1. The lowest BCUT2D eigenvalue weighted by atomic mass is 10.1. The van der Waals surface area contributed by atoms with Gasteiger partial charge in [0.25, 0.3) is 0 Å². The molecule has 0 bridgehead atoms. The van der Waals surface area contributed by atoms with Crippen LogP contribution in [0.15, 0.2) is 46.4 Å². The van der Waals surface area contributed by atoms with Crippen molar-refractivity contribution in [3.8, 4) is 6.07 Å². The quantitative estimate of drug-likeness (QED) is 0.811. The van der Waals surface area contributed by atoms with Gasteiger partial charge in [-0.3, -0.25) is 4.21 Å². The highest BCUT2D eigenvalue weighted by atomic mass is 32.2. The molecule has 1 atom stereocenters. The Morgan fingerprint density at radius 1 is 1.29 bits per heavy atom. The number of nitriles is 1. The number of benzene rings is 1. The summed E-state index contributed by atoms with van der Waals surface area (Å²) >= 11 is 0. The van der Waals surface area contributed by atoms with Gasteiger partial charge in [-0.2, -0.15) is 5.26 Å². The van der Waals surface area contributed by atoms with E-state index in [-0.39, 0.29) is 11.3 Å². The molecule has 1 aliphatic heterocycles. The van der Waals surface area contributed by atoms with Crippen molar-refractivity contribution in [2.75, 3.05) is 12.0 Å². The van der Waals surface area contributed by atoms with Crippen LogP contribution in [0.25, 0.3) is 0 Å². The Labute approximate surface area is 122 Å². The van der Waals surface area contributed by atoms with Crippen molar-refractivity contribution in [3.63, 3.8) is 0 Å². The van der Waals surface area contributed by atoms with Gasteiger partial charge in [-0.25, -0.2) is 9.98 Å². The zero-order valence-electron chi connectivity index (χ0n) is 11.3. The highest BCUT2D eigenvalue weighted by Crippen LogP contribution is 2.33. The molecule has 2 heterocycles. The molecule has 2 N–H and O–H groups in total. The van der Waals surface area contributed by atoms with Gasteiger partial charge in [0.1, 0.15) is 6.07 Å². The normalized spacial score (nSPS) is 19.9. The second kappa shape index (κ2) is 4.72. The molecule has 1 aliphatic rings. The summed E-state index contributed by atoms with van der Waals surface area (Å²) in [5.74, 6) is 0.320. The van der Waals surface area contributed by atoms with Crippen LogP contribution < -0.4 is 5.73 Å². The van der Waals surface area contributed by atoms with Crippen molar-refractivity contribution in [1.29, 1.82) is 5.26 Å². The molecule has 0 saturated carbocycles. The minimum Gasteiger partial charge on any atom is -0.397 e. The fraction of sp³-hybridized carbons (Fsp3) is 0.0667. The van der Waals surface area contributed by atoms with E-state index < -0.39 is 9.52 Å². The van der Waals surface area contributed by atoms with Gasteiger partial charge in [0.15, 0.2) is 5.82 Å². The van der Waals surface area contributed by atoms with Gasteiger partial charge in [-0.1, -0.05) is 30.3 Å². The van der Waals surface area contributed by atoms with Crippen molar-refractivity contribution < 1.29 is 4.21 Å². The van der Waals surface area contributed by atoms with Crippen LogP contribution in [0.5, 0.6) is 0 Å². The van der Waals surface area contributed by atoms with E-state index in [1.54, 1.807) is 11.6 Å². The average Bonchev–Trinajstić information content (AvgIpc) is 2.47. The molecule has 1 unspecified atom stereocenters. The van der Waals surface area contributed by atoms with Crippen LogP contribution in [0.4, 0.5) is 11.5 Å². The maximum absolute atomic E-state index is 12.9. The summed E-state index contributed by atoms with van der Waals surface area (Å²) in [6.07, 6.45) is 2.95. The van der Waals surface area contributed by atoms with E-state index >= 15 is 0 Å². The van der Waals surface area contributed by atoms with Crippen molar-refractivity contribution in [2.24, 2.45) is 4.99 Å². The van der Waals surface area contributed by atoms with E-state index in [0.717, 1.165) is 5.56 Å². The summed E-state index contributed by atoms with van der Waals surface area (Å²) in [6.45, 7) is 0. The first kappa shape index (κ1) is 13.3. The topological polar surface area (TPSA) is 92.1 Å². The number of nitrogens with two attached hydrogens (primary N) is 1. The molecule has 21 heavy (non-hydrogen) atoms. The molecule has 0 radical (unpaired) electrons. The predicted molar refractivity (Wildman–Crippen MR) is 84.4 cm³/mol. The summed E-state index contributed by atoms with van der Waals surface area (Å²) in [5.41, 5.74) is 7.82. The van der Waals surface area contributed by atoms with Crippen LogP contribution in [0.1, 0.15) is 11.1 Å². The van der Waals surface area contributed by atoms with Crippen LogP contribution in [0, 0.1) is 11.3 Å². The first-order chi connectivity index (χ1) is 10.0. The number of rotatable bonds is 1. The second-order valence-corrected chi connectivity index (χ2v) is 7.19. The standard InChI is InChI=1S/C15H12N4OS/c1-21(20)9-12(10-5-3-2-4-6-10)19-15-14(21)13(17)11(7-16)8-18-15/h2-6,8-9H,1H3,(H2,17,18,19). The Morgan fingerprint density at radius 2 is 2.00 bits per heavy atom. The number of nitrogens with zero attached hydrogens (tertiary/aromatic N) is 3. The van der Waals surface area contributed by atoms with E-state index in [1.165, 1.54) is 6.20 Å². The summed E-state index contributed by atoms with van der Waals surface area (Å²) < 4.78 is 12.9. The van der Waals surface area contributed by atoms with Gasteiger partial charge in [-0.15, -0.1) is 0 Å². The molecule has 1 aromatic heterocycles. The number of pyridine rings is 1. The molecule has 104 valence electrons. The van der Waals surface area contributed by atoms with Crippen LogP contribution >= 0.6 is 0 Å². The molecular formula is C15H12N4OS. The largest absolute Gasteiger partial charge is 0.397 e. The molecule has 0 fully saturated rings. The Hall–Kier alpha value is -2.65. The Morgan fingerprint density at radius 3 is 2.67 bits per heavy atom. The van der Waals surface area contributed by atoms with Crippen LogP contribution in [-0.4, -0.2) is 26.5 Å². The van der Waals surface area contributed by atoms with Gasteiger partial charge in [0.2, 0.25) is 0 Å². The van der Waals surface area contributed by atoms with Crippen molar-refractivity contribution in [3.05, 3.63) is 47.7 Å². The number of hydrogen-bond acceptors (Lipinski definition) is 5. The molecule has 6 heteroatoms. The van der Waals surface area contributed by atoms with E-state index in [2.05, 4.69) is 9.98 Å². The lowest BCUT2D eigenvalue weighted by Crippen LogP contribution is -2.18. The highest BCUT2D eigenvalue weighted by Gasteiger charge is 2.23. The summed E-state index contributed by atoms with van der Waals surface area (Å²) in [7, 11) is -2.55. The van der Waals surface area contributed by atoms with Gasteiger partial charge in [0, 0.05) is 32.9 Å². The third-order valence-electron chi connectivity index (χ3n) is 3.21. The van der Waals surface area contributed by atoms with Gasteiger partial charge < -0.3 is 5.73 Å². The Bertz CT molecular complexity index is 917. The third kappa shape index (κ3) is 2.18. The Kier molecular flexibility index (Phi) is 3.00. The maximum Gasteiger partial charge on any atom is 0.170 e. The SMILES string of the molecule is CS1(=O)=CC(c2ccccc2)=Nc2ncc(C#N)c(N)c21. The second-order valence-electron chi connectivity index (χ2n) is 4.73. The van der Waals surface area contributed by atoms with E-state index in [0.29, 0.717) is 16.4 Å². The summed E-state index contributed by atoms with van der Waals surface area (Å²) in [5, 5.41) is 10.6. The summed E-state index contributed by atoms with van der Waals surface area (Å²) in [4.78, 5) is 8.91. The molecule has 0 saturated heterocycles. The fourth-order valence-corrected chi connectivity index (χ4v) is 3.96. The first-order valence-corrected chi connectivity index (χ1v) is 8.22. The molecule has 0 amide bonds. The first-order valence-electron chi connectivity index (χ1n) is 6.19. The molecule has 5 nitrogen and oxygen atoms in total. The van der Waals surface area contributed by atoms with Crippen molar-refractivity contribution >= 4 is 32.1 Å². The smallest absolute Gasteiger partial charge is 0.170 e. The average molecular weight is 296 g/mol. The number of anilines is 1. The predicted octanol–water partition coefficient (Wildman–Crippen LogP) is 1.75. The van der Waals surface area contributed by atoms with Crippen LogP contribution in [-0.2, 0) is 9.52 Å². The summed E-state index contributed by atoms with van der Waals surface area (Å²) in [6, 6.07) is 11.4. The molecule has 0 aliphatic carbocycles. The van der Waals surface area contributed by atoms with Crippen molar-refractivity contribution in [2.45, 2.75) is 4.90 Å². The van der Waals surface area contributed by atoms with Gasteiger partial charge in [-0.05, 0) is 0 Å². The van der Waals surface area contributed by atoms with E-state index in [1.807, 2.05) is 36.4 Å². The molecule has 1 aromatic carbocycles. The minimum absolute atomic E-state index is 0.196. The number of hydrogen-bond donors (Lipinski definition) is 1. The maximum atomic E-state index is 12.9. The molecule has 2 aromatic rings. The lowest BCUT2D eigenvalue weighted by molar-refractivity contribution is 0.684. The van der Waals surface area contributed by atoms with Crippen molar-refractivity contribution in [1.82, 2.24) is 4.98 Å². The fourth-order valence-electron chi connectivity index (χ4n) is 2.22. The van der Waals surface area contributed by atoms with Crippen LogP contribution in [0.3, 0.4) is 0 Å². The van der Waals surface area contributed by atoms with E-state index in [9.17, 15) is 4.21 Å². The number of fused-ring (bicyclic) bond motifs is 1. The molecule has 3 rings (SSSR count). The number of aliphatic imine (C=N–C) groups is 1. The monoisotopic (exact) mass is 296 g/mol. The zero-order chi connectivity index (χ0) is 15.0.